The summed E-state index contributed by atoms with van der Waals surface area (Å²) in [6, 6.07) is 0. The zero-order chi connectivity index (χ0) is 9.78. The van der Waals surface area contributed by atoms with E-state index in [1.165, 1.54) is 25.7 Å². The van der Waals surface area contributed by atoms with Crippen molar-refractivity contribution in [2.24, 2.45) is 0 Å². The third kappa shape index (κ3) is 11.9. The number of hydrogen-bond donors (Lipinski definition) is 0. The maximum Gasteiger partial charge on any atom is 0.0466 e. The third-order valence-electron chi connectivity index (χ3n) is 2.03. The van der Waals surface area contributed by atoms with Gasteiger partial charge in [0, 0.05) is 26.9 Å². The molecule has 0 unspecified atom stereocenters. The van der Waals surface area contributed by atoms with Gasteiger partial charge >= 0.3 is 0 Å². The van der Waals surface area contributed by atoms with E-state index < -0.39 is 0 Å². The Morgan fingerprint density at radius 3 is 2.00 bits per heavy atom. The predicted octanol–water partition coefficient (Wildman–Crippen LogP) is 3.01. The quantitative estimate of drug-likeness (QED) is 0.491. The Bertz CT molecular complexity index is 74.2. The van der Waals surface area contributed by atoms with E-state index in [0.29, 0.717) is 0 Å². The molecule has 2 nitrogen and oxygen atoms in total. The Labute approximate surface area is 82.6 Å². The first-order chi connectivity index (χ1) is 6.41. The van der Waals surface area contributed by atoms with Crippen molar-refractivity contribution >= 4 is 0 Å². The third-order valence-corrected chi connectivity index (χ3v) is 2.03. The summed E-state index contributed by atoms with van der Waals surface area (Å²) in [6.45, 7) is 4.92. The molecule has 0 saturated heterocycles. The van der Waals surface area contributed by atoms with Gasteiger partial charge in [0.2, 0.25) is 0 Å². The Kier molecular flexibility index (Phi) is 11.8. The lowest BCUT2D eigenvalue weighted by molar-refractivity contribution is 0.116. The normalized spacial score (nSPS) is 10.6. The minimum absolute atomic E-state index is 0.860. The SMILES string of the molecule is CCCCCCOCCCCOC. The van der Waals surface area contributed by atoms with E-state index in [0.717, 1.165) is 32.7 Å². The van der Waals surface area contributed by atoms with E-state index in [2.05, 4.69) is 6.92 Å². The zero-order valence-corrected chi connectivity index (χ0v) is 9.18. The summed E-state index contributed by atoms with van der Waals surface area (Å²) in [7, 11) is 1.74. The van der Waals surface area contributed by atoms with Crippen molar-refractivity contribution in [1.82, 2.24) is 0 Å². The van der Waals surface area contributed by atoms with Gasteiger partial charge in [0.1, 0.15) is 0 Å². The van der Waals surface area contributed by atoms with Crippen molar-refractivity contribution in [3.05, 3.63) is 0 Å². The fourth-order valence-corrected chi connectivity index (χ4v) is 1.18. The molecule has 0 spiro atoms. The van der Waals surface area contributed by atoms with Crippen molar-refractivity contribution in [2.75, 3.05) is 26.9 Å². The molecule has 0 aromatic heterocycles. The molecule has 0 aromatic rings. The van der Waals surface area contributed by atoms with E-state index in [1.807, 2.05) is 0 Å². The minimum atomic E-state index is 0.860. The molecule has 0 atom stereocenters. The average molecular weight is 188 g/mol. The summed E-state index contributed by atoms with van der Waals surface area (Å²) in [6.07, 6.45) is 7.42. The molecule has 0 bridgehead atoms. The summed E-state index contributed by atoms with van der Waals surface area (Å²) >= 11 is 0. The van der Waals surface area contributed by atoms with Gasteiger partial charge in [0.25, 0.3) is 0 Å². The van der Waals surface area contributed by atoms with E-state index >= 15 is 0 Å². The van der Waals surface area contributed by atoms with Gasteiger partial charge in [-0.2, -0.15) is 0 Å². The van der Waals surface area contributed by atoms with Crippen molar-refractivity contribution in [1.29, 1.82) is 0 Å². The van der Waals surface area contributed by atoms with Crippen LogP contribution in [-0.2, 0) is 9.47 Å². The number of unbranched alkanes of at least 4 members (excludes halogenated alkanes) is 4. The summed E-state index contributed by atoms with van der Waals surface area (Å²) in [4.78, 5) is 0. The highest BCUT2D eigenvalue weighted by Crippen LogP contribution is 1.99. The van der Waals surface area contributed by atoms with Gasteiger partial charge in [-0.3, -0.25) is 0 Å². The van der Waals surface area contributed by atoms with Gasteiger partial charge in [0.05, 0.1) is 0 Å². The molecule has 0 heterocycles. The second-order valence-electron chi connectivity index (χ2n) is 3.37. The van der Waals surface area contributed by atoms with Crippen LogP contribution < -0.4 is 0 Å². The largest absolute Gasteiger partial charge is 0.385 e. The van der Waals surface area contributed by atoms with Gasteiger partial charge in [-0.1, -0.05) is 26.2 Å². The molecule has 0 aliphatic rings. The van der Waals surface area contributed by atoms with Gasteiger partial charge in [-0.25, -0.2) is 0 Å². The molecule has 2 heteroatoms. The number of ether oxygens (including phenoxy) is 2. The highest BCUT2D eigenvalue weighted by atomic mass is 16.5. The fraction of sp³-hybridized carbons (Fsp3) is 1.00. The number of methoxy groups -OCH3 is 1. The van der Waals surface area contributed by atoms with E-state index in [9.17, 15) is 0 Å². The molecule has 13 heavy (non-hydrogen) atoms. The first-order valence-electron chi connectivity index (χ1n) is 5.48. The van der Waals surface area contributed by atoms with Crippen LogP contribution in [0.1, 0.15) is 45.4 Å². The molecule has 0 radical (unpaired) electrons. The molecule has 80 valence electrons. The van der Waals surface area contributed by atoms with Crippen LogP contribution in [0.5, 0.6) is 0 Å². The standard InChI is InChI=1S/C11H24O2/c1-3-4-5-6-10-13-11-8-7-9-12-2/h3-11H2,1-2H3. The van der Waals surface area contributed by atoms with E-state index in [-0.39, 0.29) is 0 Å². The van der Waals surface area contributed by atoms with Gasteiger partial charge in [-0.05, 0) is 19.3 Å². The van der Waals surface area contributed by atoms with E-state index in [4.69, 9.17) is 9.47 Å². The Morgan fingerprint density at radius 2 is 1.38 bits per heavy atom. The Hall–Kier alpha value is -0.0800. The number of rotatable bonds is 10. The molecular weight excluding hydrogens is 164 g/mol. The predicted molar refractivity (Wildman–Crippen MR) is 56.1 cm³/mol. The van der Waals surface area contributed by atoms with Crippen LogP contribution in [0.25, 0.3) is 0 Å². The second-order valence-corrected chi connectivity index (χ2v) is 3.37. The summed E-state index contributed by atoms with van der Waals surface area (Å²) in [5.74, 6) is 0. The lowest BCUT2D eigenvalue weighted by Gasteiger charge is -2.03. The monoisotopic (exact) mass is 188 g/mol. The Balaban J connectivity index is 2.76. The Morgan fingerprint density at radius 1 is 0.769 bits per heavy atom. The van der Waals surface area contributed by atoms with Crippen LogP contribution in [0.4, 0.5) is 0 Å². The van der Waals surface area contributed by atoms with Crippen molar-refractivity contribution in [3.8, 4) is 0 Å². The zero-order valence-electron chi connectivity index (χ0n) is 9.18. The lowest BCUT2D eigenvalue weighted by atomic mass is 10.2. The van der Waals surface area contributed by atoms with E-state index in [1.54, 1.807) is 7.11 Å². The number of hydrogen-bond acceptors (Lipinski definition) is 2. The molecule has 0 aliphatic carbocycles. The summed E-state index contributed by atoms with van der Waals surface area (Å²) in [5.41, 5.74) is 0. The van der Waals surface area contributed by atoms with Crippen LogP contribution in [0.3, 0.4) is 0 Å². The first-order valence-corrected chi connectivity index (χ1v) is 5.48. The maximum absolute atomic E-state index is 5.47. The summed E-state index contributed by atoms with van der Waals surface area (Å²) in [5, 5.41) is 0. The molecule has 0 aromatic carbocycles. The highest BCUT2D eigenvalue weighted by Gasteiger charge is 1.90. The minimum Gasteiger partial charge on any atom is -0.385 e. The lowest BCUT2D eigenvalue weighted by Crippen LogP contribution is -1.98. The van der Waals surface area contributed by atoms with Crippen molar-refractivity contribution in [3.63, 3.8) is 0 Å². The molecule has 0 saturated carbocycles. The van der Waals surface area contributed by atoms with Crippen LogP contribution in [-0.4, -0.2) is 26.9 Å². The van der Waals surface area contributed by atoms with Crippen LogP contribution in [0, 0.1) is 0 Å². The first kappa shape index (κ1) is 12.9. The highest BCUT2D eigenvalue weighted by molar-refractivity contribution is 4.41. The molecule has 0 rings (SSSR count). The molecule has 0 fully saturated rings. The van der Waals surface area contributed by atoms with Crippen molar-refractivity contribution < 1.29 is 9.47 Å². The fourth-order valence-electron chi connectivity index (χ4n) is 1.18. The topological polar surface area (TPSA) is 18.5 Å². The van der Waals surface area contributed by atoms with Crippen LogP contribution >= 0.6 is 0 Å². The van der Waals surface area contributed by atoms with Gasteiger partial charge in [-0.15, -0.1) is 0 Å². The molecule has 0 amide bonds. The van der Waals surface area contributed by atoms with Crippen LogP contribution in [0.2, 0.25) is 0 Å². The van der Waals surface area contributed by atoms with Crippen LogP contribution in [0.15, 0.2) is 0 Å². The van der Waals surface area contributed by atoms with Crippen molar-refractivity contribution in [2.45, 2.75) is 45.4 Å². The maximum atomic E-state index is 5.47. The molecule has 0 aliphatic heterocycles. The second kappa shape index (κ2) is 11.9. The van der Waals surface area contributed by atoms with Gasteiger partial charge < -0.3 is 9.47 Å². The van der Waals surface area contributed by atoms with Gasteiger partial charge in [0.15, 0.2) is 0 Å². The molecular formula is C11H24O2. The average Bonchev–Trinajstić information content (AvgIpc) is 2.16. The summed E-state index contributed by atoms with van der Waals surface area (Å²) < 4.78 is 10.4. The smallest absolute Gasteiger partial charge is 0.0466 e. The molecule has 0 N–H and O–H groups in total.